The summed E-state index contributed by atoms with van der Waals surface area (Å²) in [6.45, 7) is 5.86. The Labute approximate surface area is 230 Å². The third kappa shape index (κ3) is 6.49. The topological polar surface area (TPSA) is 79.3 Å². The fourth-order valence-corrected chi connectivity index (χ4v) is 4.58. The Bertz CT molecular complexity index is 1330. The molecule has 1 aliphatic rings. The number of carbonyl (C=O) groups excluding carboxylic acids is 2. The Morgan fingerprint density at radius 3 is 2.33 bits per heavy atom. The highest BCUT2D eigenvalue weighted by atomic mass is 16.5. The van der Waals surface area contributed by atoms with Crippen molar-refractivity contribution in [1.29, 1.82) is 0 Å². The zero-order valence-electron chi connectivity index (χ0n) is 23.0. The lowest BCUT2D eigenvalue weighted by Crippen LogP contribution is -2.35. The second-order valence-electron chi connectivity index (χ2n) is 9.97. The van der Waals surface area contributed by atoms with E-state index in [9.17, 15) is 14.7 Å². The van der Waals surface area contributed by atoms with Gasteiger partial charge < -0.3 is 24.4 Å². The molecule has 1 amide bonds. The van der Waals surface area contributed by atoms with Crippen LogP contribution in [0.5, 0.6) is 11.5 Å². The molecular formula is C32H36N2O5. The molecule has 0 bridgehead atoms. The Hall–Kier alpha value is -4.10. The maximum Gasteiger partial charge on any atom is 0.295 e. The Kier molecular flexibility index (Phi) is 9.04. The fourth-order valence-electron chi connectivity index (χ4n) is 4.58. The van der Waals surface area contributed by atoms with E-state index < -0.39 is 17.7 Å². The second-order valence-corrected chi connectivity index (χ2v) is 9.97. The summed E-state index contributed by atoms with van der Waals surface area (Å²) in [6.07, 6.45) is 0.883. The third-order valence-electron chi connectivity index (χ3n) is 6.68. The summed E-state index contributed by atoms with van der Waals surface area (Å²) in [6, 6.07) is 21.8. The summed E-state index contributed by atoms with van der Waals surface area (Å²) in [5.74, 6) is -0.106. The van der Waals surface area contributed by atoms with Crippen molar-refractivity contribution in [1.82, 2.24) is 9.80 Å². The fraction of sp³-hybridized carbons (Fsp3) is 0.312. The molecule has 3 aromatic rings. The molecule has 1 atom stereocenters. The number of rotatable bonds is 11. The SMILES string of the molecule is CCCOc1ccc(/C(O)=C2/C(=O)C(=O)N(CCN(C)C)C2c2ccc(OCc3ccccc3)cc2)cc1C. The number of aryl methyl sites for hydroxylation is 1. The van der Waals surface area contributed by atoms with Gasteiger partial charge in [-0.2, -0.15) is 0 Å². The highest BCUT2D eigenvalue weighted by Crippen LogP contribution is 2.40. The number of nitrogens with zero attached hydrogens (tertiary/aromatic N) is 2. The molecule has 1 saturated heterocycles. The Morgan fingerprint density at radius 2 is 1.69 bits per heavy atom. The van der Waals surface area contributed by atoms with E-state index in [-0.39, 0.29) is 11.3 Å². The van der Waals surface area contributed by atoms with E-state index in [4.69, 9.17) is 9.47 Å². The molecule has 0 spiro atoms. The van der Waals surface area contributed by atoms with Crippen LogP contribution in [0.4, 0.5) is 0 Å². The number of aliphatic hydroxyl groups excluding tert-OH is 1. The number of amides is 1. The quantitative estimate of drug-likeness (QED) is 0.205. The van der Waals surface area contributed by atoms with Crippen LogP contribution in [0.3, 0.4) is 0 Å². The first-order valence-corrected chi connectivity index (χ1v) is 13.2. The molecule has 3 aromatic carbocycles. The van der Waals surface area contributed by atoms with E-state index in [0.29, 0.717) is 37.6 Å². The van der Waals surface area contributed by atoms with Gasteiger partial charge in [-0.15, -0.1) is 0 Å². The summed E-state index contributed by atoms with van der Waals surface area (Å²) >= 11 is 0. The lowest BCUT2D eigenvalue weighted by Gasteiger charge is -2.26. The summed E-state index contributed by atoms with van der Waals surface area (Å²) in [7, 11) is 3.82. The summed E-state index contributed by atoms with van der Waals surface area (Å²) in [4.78, 5) is 30.0. The van der Waals surface area contributed by atoms with Gasteiger partial charge in [0.15, 0.2) is 0 Å². The van der Waals surface area contributed by atoms with E-state index in [2.05, 4.69) is 0 Å². The van der Waals surface area contributed by atoms with Gasteiger partial charge in [0, 0.05) is 18.7 Å². The molecule has 39 heavy (non-hydrogen) atoms. The summed E-state index contributed by atoms with van der Waals surface area (Å²) in [5, 5.41) is 11.4. The molecule has 0 radical (unpaired) electrons. The van der Waals surface area contributed by atoms with Gasteiger partial charge in [0.25, 0.3) is 11.7 Å². The predicted molar refractivity (Wildman–Crippen MR) is 152 cm³/mol. The molecule has 7 heteroatoms. The van der Waals surface area contributed by atoms with Crippen molar-refractivity contribution in [2.75, 3.05) is 33.8 Å². The molecule has 0 saturated carbocycles. The lowest BCUT2D eigenvalue weighted by atomic mass is 9.94. The number of hydrogen-bond acceptors (Lipinski definition) is 6. The van der Waals surface area contributed by atoms with E-state index >= 15 is 0 Å². The Morgan fingerprint density at radius 1 is 0.974 bits per heavy atom. The van der Waals surface area contributed by atoms with E-state index in [0.717, 1.165) is 28.9 Å². The minimum atomic E-state index is -0.718. The zero-order valence-corrected chi connectivity index (χ0v) is 23.0. The minimum Gasteiger partial charge on any atom is -0.507 e. The summed E-state index contributed by atoms with van der Waals surface area (Å²) in [5.41, 5.74) is 3.17. The number of likely N-dealkylation sites (tertiary alicyclic amines) is 1. The monoisotopic (exact) mass is 528 g/mol. The van der Waals surface area contributed by atoms with Crippen LogP contribution >= 0.6 is 0 Å². The van der Waals surface area contributed by atoms with E-state index in [1.54, 1.807) is 23.1 Å². The average Bonchev–Trinajstić information content (AvgIpc) is 3.19. The van der Waals surface area contributed by atoms with Gasteiger partial charge in [-0.3, -0.25) is 9.59 Å². The largest absolute Gasteiger partial charge is 0.507 e. The van der Waals surface area contributed by atoms with Gasteiger partial charge in [-0.05, 0) is 74.5 Å². The predicted octanol–water partition coefficient (Wildman–Crippen LogP) is 5.35. The van der Waals surface area contributed by atoms with Crippen molar-refractivity contribution in [3.8, 4) is 11.5 Å². The standard InChI is InChI=1S/C32H36N2O5/c1-5-19-38-27-16-13-25(20-22(27)2)30(35)28-29(34(18-17-33(3)4)32(37)31(28)36)24-11-14-26(15-12-24)39-21-23-9-7-6-8-10-23/h6-16,20,29,35H,5,17-19,21H2,1-4H3/b30-28-. The van der Waals surface area contributed by atoms with Gasteiger partial charge >= 0.3 is 0 Å². The van der Waals surface area contributed by atoms with Crippen molar-refractivity contribution >= 4 is 17.4 Å². The molecule has 1 fully saturated rings. The number of benzene rings is 3. The number of ether oxygens (including phenoxy) is 2. The van der Waals surface area contributed by atoms with Crippen LogP contribution in [-0.4, -0.2) is 60.4 Å². The normalized spacial score (nSPS) is 16.6. The van der Waals surface area contributed by atoms with Crippen molar-refractivity contribution in [3.63, 3.8) is 0 Å². The van der Waals surface area contributed by atoms with Crippen LogP contribution in [0.15, 0.2) is 78.4 Å². The number of Topliss-reactive ketones (excluding diaryl/α,β-unsaturated/α-hetero) is 1. The van der Waals surface area contributed by atoms with Crippen molar-refractivity contribution in [3.05, 3.63) is 101 Å². The average molecular weight is 529 g/mol. The van der Waals surface area contributed by atoms with Crippen LogP contribution < -0.4 is 9.47 Å². The molecule has 0 aliphatic carbocycles. The van der Waals surface area contributed by atoms with Gasteiger partial charge in [0.2, 0.25) is 0 Å². The first-order valence-electron chi connectivity index (χ1n) is 13.2. The number of likely N-dealkylation sites (N-methyl/N-ethyl adjacent to an activating group) is 1. The molecule has 1 N–H and O–H groups in total. The van der Waals surface area contributed by atoms with Crippen molar-refractivity contribution in [2.24, 2.45) is 0 Å². The van der Waals surface area contributed by atoms with Crippen LogP contribution in [0.1, 0.15) is 41.6 Å². The van der Waals surface area contributed by atoms with Gasteiger partial charge in [0.1, 0.15) is 23.9 Å². The molecule has 7 nitrogen and oxygen atoms in total. The molecule has 204 valence electrons. The minimum absolute atomic E-state index is 0.0818. The molecule has 1 unspecified atom stereocenters. The number of hydrogen-bond donors (Lipinski definition) is 1. The van der Waals surface area contributed by atoms with Crippen molar-refractivity contribution in [2.45, 2.75) is 32.9 Å². The second kappa shape index (κ2) is 12.6. The highest BCUT2D eigenvalue weighted by molar-refractivity contribution is 6.46. The smallest absolute Gasteiger partial charge is 0.295 e. The molecule has 4 rings (SSSR count). The zero-order chi connectivity index (χ0) is 27.9. The van der Waals surface area contributed by atoms with E-state index in [1.807, 2.05) is 87.4 Å². The maximum absolute atomic E-state index is 13.3. The lowest BCUT2D eigenvalue weighted by molar-refractivity contribution is -0.140. The summed E-state index contributed by atoms with van der Waals surface area (Å²) < 4.78 is 11.7. The first-order chi connectivity index (χ1) is 18.8. The number of ketones is 1. The van der Waals surface area contributed by atoms with Crippen molar-refractivity contribution < 1.29 is 24.2 Å². The third-order valence-corrected chi connectivity index (χ3v) is 6.68. The Balaban J connectivity index is 1.68. The maximum atomic E-state index is 13.3. The van der Waals surface area contributed by atoms with Crippen LogP contribution in [0.25, 0.3) is 5.76 Å². The van der Waals surface area contributed by atoms with E-state index in [1.165, 1.54) is 0 Å². The molecular weight excluding hydrogens is 492 g/mol. The van der Waals surface area contributed by atoms with Gasteiger partial charge in [-0.25, -0.2) is 0 Å². The van der Waals surface area contributed by atoms with Crippen LogP contribution in [0.2, 0.25) is 0 Å². The first kappa shape index (κ1) is 27.9. The van der Waals surface area contributed by atoms with Crippen LogP contribution in [-0.2, 0) is 16.2 Å². The molecule has 1 heterocycles. The van der Waals surface area contributed by atoms with Gasteiger partial charge in [0.05, 0.1) is 18.2 Å². The number of carbonyl (C=O) groups is 2. The number of aliphatic hydroxyl groups is 1. The molecule has 1 aliphatic heterocycles. The van der Waals surface area contributed by atoms with Gasteiger partial charge in [-0.1, -0.05) is 49.4 Å². The van der Waals surface area contributed by atoms with Crippen LogP contribution in [0, 0.1) is 6.92 Å². The highest BCUT2D eigenvalue weighted by Gasteiger charge is 2.45. The molecule has 0 aromatic heterocycles.